The first kappa shape index (κ1) is 17.2. The van der Waals surface area contributed by atoms with E-state index in [4.69, 9.17) is 0 Å². The van der Waals surface area contributed by atoms with Crippen LogP contribution in [0.15, 0.2) is 60.8 Å². The van der Waals surface area contributed by atoms with Gasteiger partial charge in [0.05, 0.1) is 0 Å². The van der Waals surface area contributed by atoms with Gasteiger partial charge in [-0.2, -0.15) is 0 Å². The third kappa shape index (κ3) is 3.28. The highest BCUT2D eigenvalue weighted by molar-refractivity contribution is 6.06. The van der Waals surface area contributed by atoms with Crippen LogP contribution in [-0.2, 0) is 12.8 Å². The molecule has 1 atom stereocenters. The first-order chi connectivity index (χ1) is 13.2. The number of aryl methyl sites for hydroxylation is 1. The van der Waals surface area contributed by atoms with E-state index >= 15 is 0 Å². The van der Waals surface area contributed by atoms with E-state index in [9.17, 15) is 4.79 Å². The summed E-state index contributed by atoms with van der Waals surface area (Å²) in [5.74, 6) is 0.337. The highest BCUT2D eigenvalue weighted by Crippen LogP contribution is 2.32. The molecular weight excluding hydrogens is 336 g/mol. The quantitative estimate of drug-likeness (QED) is 0.752. The van der Waals surface area contributed by atoms with Crippen LogP contribution in [-0.4, -0.2) is 21.9 Å². The molecule has 2 heterocycles. The number of rotatable bonds is 4. The highest BCUT2D eigenvalue weighted by atomic mass is 16.2. The van der Waals surface area contributed by atoms with Gasteiger partial charge in [-0.3, -0.25) is 4.79 Å². The van der Waals surface area contributed by atoms with E-state index in [1.165, 1.54) is 11.1 Å². The number of amides is 1. The summed E-state index contributed by atoms with van der Waals surface area (Å²) < 4.78 is 0. The van der Waals surface area contributed by atoms with Crippen molar-refractivity contribution in [1.82, 2.24) is 9.97 Å². The molecule has 0 fully saturated rings. The van der Waals surface area contributed by atoms with Gasteiger partial charge < -0.3 is 10.2 Å². The second-order valence-corrected chi connectivity index (χ2v) is 6.76. The molecule has 3 aromatic rings. The van der Waals surface area contributed by atoms with Crippen LogP contribution in [0.4, 0.5) is 17.3 Å². The minimum Gasteiger partial charge on any atom is -0.324 e. The summed E-state index contributed by atoms with van der Waals surface area (Å²) in [5.41, 5.74) is 4.71. The van der Waals surface area contributed by atoms with Gasteiger partial charge >= 0.3 is 0 Å². The van der Waals surface area contributed by atoms with Gasteiger partial charge in [0.25, 0.3) is 5.91 Å². The number of para-hydroxylation sites is 2. The Kier molecular flexibility index (Phi) is 4.59. The molecule has 0 saturated carbocycles. The zero-order valence-electron chi connectivity index (χ0n) is 15.5. The van der Waals surface area contributed by atoms with Crippen molar-refractivity contribution in [2.75, 3.05) is 10.2 Å². The lowest BCUT2D eigenvalue weighted by molar-refractivity contribution is 0.0976. The van der Waals surface area contributed by atoms with Gasteiger partial charge in [0, 0.05) is 23.6 Å². The third-order valence-corrected chi connectivity index (χ3v) is 4.95. The molecule has 1 aromatic heterocycles. The van der Waals surface area contributed by atoms with E-state index in [0.717, 1.165) is 24.2 Å². The van der Waals surface area contributed by atoms with Crippen molar-refractivity contribution in [3.8, 4) is 0 Å². The molecule has 5 heteroatoms. The number of nitrogens with one attached hydrogen (secondary N) is 1. The van der Waals surface area contributed by atoms with E-state index in [1.807, 2.05) is 41.3 Å². The molecule has 0 spiro atoms. The number of fused-ring (bicyclic) bond motifs is 1. The average Bonchev–Trinajstić information content (AvgIpc) is 3.03. The number of anilines is 3. The largest absolute Gasteiger partial charge is 0.324 e. The fourth-order valence-corrected chi connectivity index (χ4v) is 3.61. The third-order valence-electron chi connectivity index (χ3n) is 4.95. The maximum absolute atomic E-state index is 13.2. The number of hydrogen-bond acceptors (Lipinski definition) is 4. The molecule has 2 aromatic carbocycles. The summed E-state index contributed by atoms with van der Waals surface area (Å²) in [6, 6.07) is 17.9. The molecule has 0 saturated heterocycles. The van der Waals surface area contributed by atoms with Crippen LogP contribution in [0.5, 0.6) is 0 Å². The summed E-state index contributed by atoms with van der Waals surface area (Å²) in [4.78, 5) is 23.8. The summed E-state index contributed by atoms with van der Waals surface area (Å²) >= 11 is 0. The van der Waals surface area contributed by atoms with Crippen molar-refractivity contribution >= 4 is 23.2 Å². The topological polar surface area (TPSA) is 58.1 Å². The number of carbonyl (C=O) groups is 1. The van der Waals surface area contributed by atoms with Gasteiger partial charge in [-0.05, 0) is 49.1 Å². The number of hydrogen-bond donors (Lipinski definition) is 1. The molecule has 136 valence electrons. The molecular formula is C22H22N4O. The minimum absolute atomic E-state index is 0.0957. The lowest BCUT2D eigenvalue weighted by atomic mass is 10.1. The first-order valence-electron chi connectivity index (χ1n) is 9.27. The smallest absolute Gasteiger partial charge is 0.277 e. The van der Waals surface area contributed by atoms with E-state index in [0.29, 0.717) is 11.6 Å². The minimum atomic E-state index is -0.0957. The number of carbonyl (C=O) groups excluding carboxylic acids is 1. The van der Waals surface area contributed by atoms with Crippen LogP contribution in [0, 0.1) is 0 Å². The zero-order chi connectivity index (χ0) is 18.8. The number of benzene rings is 2. The normalized spacial score (nSPS) is 15.5. The maximum atomic E-state index is 13.2. The molecule has 0 aliphatic carbocycles. The van der Waals surface area contributed by atoms with Crippen molar-refractivity contribution in [3.05, 3.63) is 77.6 Å². The SMILES string of the molecule is CCc1ccccc1Nc1nccc(C(=O)N2c3ccccc3CC2C)n1. The van der Waals surface area contributed by atoms with Gasteiger partial charge in [-0.15, -0.1) is 0 Å². The molecule has 27 heavy (non-hydrogen) atoms. The fraction of sp³-hybridized carbons (Fsp3) is 0.227. The molecule has 0 bridgehead atoms. The average molecular weight is 358 g/mol. The van der Waals surface area contributed by atoms with Gasteiger partial charge in [0.15, 0.2) is 0 Å². The molecule has 1 aliphatic heterocycles. The predicted molar refractivity (Wildman–Crippen MR) is 108 cm³/mol. The summed E-state index contributed by atoms with van der Waals surface area (Å²) in [7, 11) is 0. The molecule has 1 amide bonds. The Hall–Kier alpha value is -3.21. The Balaban J connectivity index is 1.62. The Morgan fingerprint density at radius 1 is 1.15 bits per heavy atom. The summed E-state index contributed by atoms with van der Waals surface area (Å²) in [5, 5.41) is 3.25. The first-order valence-corrected chi connectivity index (χ1v) is 9.27. The van der Waals surface area contributed by atoms with Crippen molar-refractivity contribution in [3.63, 3.8) is 0 Å². The second-order valence-electron chi connectivity index (χ2n) is 6.76. The van der Waals surface area contributed by atoms with Gasteiger partial charge in [-0.25, -0.2) is 9.97 Å². The molecule has 1 unspecified atom stereocenters. The van der Waals surface area contributed by atoms with E-state index in [-0.39, 0.29) is 11.9 Å². The monoisotopic (exact) mass is 358 g/mol. The van der Waals surface area contributed by atoms with Crippen LogP contribution in [0.1, 0.15) is 35.5 Å². The van der Waals surface area contributed by atoms with Crippen LogP contribution >= 0.6 is 0 Å². The standard InChI is InChI=1S/C22H22N4O/c1-3-16-8-4-6-10-18(16)24-22-23-13-12-19(25-22)21(27)26-15(2)14-17-9-5-7-11-20(17)26/h4-13,15H,3,14H2,1-2H3,(H,23,24,25). The highest BCUT2D eigenvalue weighted by Gasteiger charge is 2.31. The van der Waals surface area contributed by atoms with Crippen LogP contribution in [0.25, 0.3) is 0 Å². The summed E-state index contributed by atoms with van der Waals surface area (Å²) in [6.07, 6.45) is 3.40. The Morgan fingerprint density at radius 3 is 2.78 bits per heavy atom. The fourth-order valence-electron chi connectivity index (χ4n) is 3.61. The Labute approximate surface area is 159 Å². The van der Waals surface area contributed by atoms with Crippen molar-refractivity contribution < 1.29 is 4.79 Å². The molecule has 5 nitrogen and oxygen atoms in total. The molecule has 1 N–H and O–H groups in total. The van der Waals surface area contributed by atoms with Gasteiger partial charge in [0.1, 0.15) is 5.69 Å². The van der Waals surface area contributed by atoms with Crippen LogP contribution < -0.4 is 10.2 Å². The summed E-state index contributed by atoms with van der Waals surface area (Å²) in [6.45, 7) is 4.17. The van der Waals surface area contributed by atoms with Gasteiger partial charge in [0.2, 0.25) is 5.95 Å². The van der Waals surface area contributed by atoms with Crippen molar-refractivity contribution in [2.45, 2.75) is 32.7 Å². The van der Waals surface area contributed by atoms with Crippen molar-refractivity contribution in [2.24, 2.45) is 0 Å². The second kappa shape index (κ2) is 7.19. The van der Waals surface area contributed by atoms with Crippen molar-refractivity contribution in [1.29, 1.82) is 0 Å². The lowest BCUT2D eigenvalue weighted by Crippen LogP contribution is -2.36. The maximum Gasteiger partial charge on any atom is 0.277 e. The van der Waals surface area contributed by atoms with Crippen LogP contribution in [0.3, 0.4) is 0 Å². The Morgan fingerprint density at radius 2 is 1.93 bits per heavy atom. The lowest BCUT2D eigenvalue weighted by Gasteiger charge is -2.22. The molecule has 4 rings (SSSR count). The number of nitrogens with zero attached hydrogens (tertiary/aromatic N) is 3. The number of aromatic nitrogens is 2. The van der Waals surface area contributed by atoms with Crippen LogP contribution in [0.2, 0.25) is 0 Å². The Bertz CT molecular complexity index is 985. The predicted octanol–water partition coefficient (Wildman–Crippen LogP) is 4.37. The molecule has 0 radical (unpaired) electrons. The van der Waals surface area contributed by atoms with E-state index in [1.54, 1.807) is 12.3 Å². The zero-order valence-corrected chi connectivity index (χ0v) is 15.5. The van der Waals surface area contributed by atoms with Gasteiger partial charge in [-0.1, -0.05) is 43.3 Å². The van der Waals surface area contributed by atoms with E-state index < -0.39 is 0 Å². The van der Waals surface area contributed by atoms with E-state index in [2.05, 4.69) is 41.3 Å². The molecule has 1 aliphatic rings.